The lowest BCUT2D eigenvalue weighted by Gasteiger charge is -2.08. The molecule has 0 aromatic heterocycles. The number of hydrogen-bond acceptors (Lipinski definition) is 5. The monoisotopic (exact) mass is 370 g/mol. The maximum atomic E-state index is 11.9. The molecular weight excluding hydrogens is 363 g/mol. The highest BCUT2D eigenvalue weighted by Gasteiger charge is 2.16. The summed E-state index contributed by atoms with van der Waals surface area (Å²) in [6, 6.07) is 6.71. The first kappa shape index (κ1) is 17.4. The molecule has 0 spiro atoms. The molecular formula is C13H8Cl2N4O5. The van der Waals surface area contributed by atoms with Crippen LogP contribution in [0.3, 0.4) is 0 Å². The van der Waals surface area contributed by atoms with Crippen LogP contribution >= 0.6 is 23.2 Å². The maximum Gasteiger partial charge on any atom is 0.323 e. The topological polar surface area (TPSA) is 127 Å². The second-order valence-corrected chi connectivity index (χ2v) is 5.24. The number of benzene rings is 2. The second-order valence-electron chi connectivity index (χ2n) is 4.43. The maximum absolute atomic E-state index is 11.9. The zero-order chi connectivity index (χ0) is 17.9. The van der Waals surface area contributed by atoms with Crippen molar-refractivity contribution in [3.05, 3.63) is 66.7 Å². The summed E-state index contributed by atoms with van der Waals surface area (Å²) in [5.41, 5.74) is -0.465. The molecule has 0 heterocycles. The lowest BCUT2D eigenvalue weighted by atomic mass is 10.2. The number of nitro groups is 2. The molecule has 2 amide bonds. The standard InChI is InChI=1S/C13H8Cl2N4O5/c14-9-3-1-7(5-11(9)18(21)22)16-13(20)17-8-2-4-10(15)12(6-8)19(23)24/h1-6H,(H2,16,17,20). The zero-order valence-corrected chi connectivity index (χ0v) is 13.2. The third kappa shape index (κ3) is 4.09. The van der Waals surface area contributed by atoms with E-state index in [1.54, 1.807) is 0 Å². The third-order valence-corrected chi connectivity index (χ3v) is 3.44. The number of halogens is 2. The van der Waals surface area contributed by atoms with Crippen molar-refractivity contribution in [2.75, 3.05) is 10.6 Å². The quantitative estimate of drug-likeness (QED) is 0.606. The van der Waals surface area contributed by atoms with Gasteiger partial charge in [0.15, 0.2) is 0 Å². The molecule has 0 radical (unpaired) electrons. The van der Waals surface area contributed by atoms with E-state index in [1.807, 2.05) is 0 Å². The fourth-order valence-corrected chi connectivity index (χ4v) is 2.13. The Morgan fingerprint density at radius 1 is 0.833 bits per heavy atom. The number of nitro benzene ring substituents is 2. The minimum Gasteiger partial charge on any atom is -0.307 e. The van der Waals surface area contributed by atoms with Crippen LogP contribution in [-0.4, -0.2) is 15.9 Å². The van der Waals surface area contributed by atoms with Crippen molar-refractivity contribution in [2.24, 2.45) is 0 Å². The highest BCUT2D eigenvalue weighted by molar-refractivity contribution is 6.33. The normalized spacial score (nSPS) is 10.1. The highest BCUT2D eigenvalue weighted by Crippen LogP contribution is 2.29. The average molecular weight is 371 g/mol. The summed E-state index contributed by atoms with van der Waals surface area (Å²) in [6.45, 7) is 0. The molecule has 9 nitrogen and oxygen atoms in total. The van der Waals surface area contributed by atoms with Gasteiger partial charge in [-0.2, -0.15) is 0 Å². The summed E-state index contributed by atoms with van der Waals surface area (Å²) in [7, 11) is 0. The summed E-state index contributed by atoms with van der Waals surface area (Å²) in [6.07, 6.45) is 0. The number of nitrogens with zero attached hydrogens (tertiary/aromatic N) is 2. The van der Waals surface area contributed by atoms with Crippen molar-refractivity contribution in [2.45, 2.75) is 0 Å². The van der Waals surface area contributed by atoms with Crippen molar-refractivity contribution < 1.29 is 14.6 Å². The van der Waals surface area contributed by atoms with Gasteiger partial charge < -0.3 is 10.6 Å². The largest absolute Gasteiger partial charge is 0.323 e. The Balaban J connectivity index is 2.14. The minimum atomic E-state index is -0.747. The Morgan fingerprint density at radius 2 is 1.21 bits per heavy atom. The molecule has 0 saturated carbocycles. The number of hydrogen-bond donors (Lipinski definition) is 2. The zero-order valence-electron chi connectivity index (χ0n) is 11.7. The first-order chi connectivity index (χ1) is 11.3. The lowest BCUT2D eigenvalue weighted by molar-refractivity contribution is -0.384. The minimum absolute atomic E-state index is 0.0701. The Kier molecular flexibility index (Phi) is 5.17. The van der Waals surface area contributed by atoms with Crippen LogP contribution in [0.5, 0.6) is 0 Å². The Bertz CT molecular complexity index is 776. The van der Waals surface area contributed by atoms with Gasteiger partial charge in [-0.05, 0) is 24.3 Å². The van der Waals surface area contributed by atoms with Gasteiger partial charge in [-0.15, -0.1) is 0 Å². The molecule has 11 heteroatoms. The number of rotatable bonds is 4. The van der Waals surface area contributed by atoms with E-state index >= 15 is 0 Å². The first-order valence-corrected chi connectivity index (χ1v) is 6.99. The SMILES string of the molecule is O=C(Nc1ccc(Cl)c([N+](=O)[O-])c1)Nc1ccc(Cl)c([N+](=O)[O-])c1. The fourth-order valence-electron chi connectivity index (χ4n) is 1.75. The van der Waals surface area contributed by atoms with Gasteiger partial charge in [0.1, 0.15) is 10.0 Å². The Labute approximate surface area is 144 Å². The first-order valence-electron chi connectivity index (χ1n) is 6.24. The van der Waals surface area contributed by atoms with E-state index in [2.05, 4.69) is 10.6 Å². The molecule has 0 saturated heterocycles. The van der Waals surface area contributed by atoms with Crippen molar-refractivity contribution in [1.29, 1.82) is 0 Å². The summed E-state index contributed by atoms with van der Waals surface area (Å²) in [5, 5.41) is 26.2. The highest BCUT2D eigenvalue weighted by atomic mass is 35.5. The molecule has 2 N–H and O–H groups in total. The van der Waals surface area contributed by atoms with E-state index in [1.165, 1.54) is 24.3 Å². The molecule has 2 rings (SSSR count). The molecule has 0 bridgehead atoms. The molecule has 0 unspecified atom stereocenters. The van der Waals surface area contributed by atoms with Gasteiger partial charge in [0.05, 0.1) is 9.85 Å². The molecule has 2 aromatic carbocycles. The fraction of sp³-hybridized carbons (Fsp3) is 0. The molecule has 2 aromatic rings. The molecule has 0 aliphatic carbocycles. The van der Waals surface area contributed by atoms with Crippen LogP contribution in [0.4, 0.5) is 27.5 Å². The van der Waals surface area contributed by atoms with Gasteiger partial charge in [-0.3, -0.25) is 20.2 Å². The number of amides is 2. The van der Waals surface area contributed by atoms with Crippen LogP contribution in [0.15, 0.2) is 36.4 Å². The Morgan fingerprint density at radius 3 is 1.54 bits per heavy atom. The van der Waals surface area contributed by atoms with Gasteiger partial charge in [0, 0.05) is 23.5 Å². The summed E-state index contributed by atoms with van der Waals surface area (Å²) >= 11 is 11.3. The lowest BCUT2D eigenvalue weighted by Crippen LogP contribution is -2.19. The summed E-state index contributed by atoms with van der Waals surface area (Å²) in [4.78, 5) is 32.1. The van der Waals surface area contributed by atoms with Gasteiger partial charge in [-0.1, -0.05) is 23.2 Å². The van der Waals surface area contributed by atoms with Crippen LogP contribution in [-0.2, 0) is 0 Å². The van der Waals surface area contributed by atoms with Crippen molar-refractivity contribution in [3.63, 3.8) is 0 Å². The van der Waals surface area contributed by atoms with Crippen LogP contribution in [0.1, 0.15) is 0 Å². The van der Waals surface area contributed by atoms with E-state index in [9.17, 15) is 25.0 Å². The van der Waals surface area contributed by atoms with E-state index < -0.39 is 15.9 Å². The van der Waals surface area contributed by atoms with Crippen LogP contribution in [0.25, 0.3) is 0 Å². The van der Waals surface area contributed by atoms with E-state index in [0.717, 1.165) is 12.1 Å². The molecule has 0 fully saturated rings. The van der Waals surface area contributed by atoms with Crippen LogP contribution in [0.2, 0.25) is 10.0 Å². The van der Waals surface area contributed by atoms with Gasteiger partial charge in [0.2, 0.25) is 0 Å². The number of carbonyl (C=O) groups is 1. The molecule has 0 aliphatic heterocycles. The van der Waals surface area contributed by atoms with Crippen LogP contribution < -0.4 is 10.6 Å². The van der Waals surface area contributed by atoms with Crippen molar-refractivity contribution in [3.8, 4) is 0 Å². The number of nitrogens with one attached hydrogen (secondary N) is 2. The van der Waals surface area contributed by atoms with Gasteiger partial charge >= 0.3 is 6.03 Å². The smallest absolute Gasteiger partial charge is 0.307 e. The average Bonchev–Trinajstić information content (AvgIpc) is 2.50. The predicted molar refractivity (Wildman–Crippen MR) is 88.9 cm³/mol. The van der Waals surface area contributed by atoms with E-state index in [4.69, 9.17) is 23.2 Å². The van der Waals surface area contributed by atoms with E-state index in [0.29, 0.717) is 0 Å². The number of anilines is 2. The summed E-state index contributed by atoms with van der Waals surface area (Å²) < 4.78 is 0. The van der Waals surface area contributed by atoms with Gasteiger partial charge in [0.25, 0.3) is 11.4 Å². The second kappa shape index (κ2) is 7.11. The summed E-state index contributed by atoms with van der Waals surface area (Å²) in [5.74, 6) is 0. The number of urea groups is 1. The number of carbonyl (C=O) groups excluding carboxylic acids is 1. The molecule has 0 aliphatic rings. The van der Waals surface area contributed by atoms with Gasteiger partial charge in [-0.25, -0.2) is 4.79 Å². The Hall–Kier alpha value is -2.91. The molecule has 24 heavy (non-hydrogen) atoms. The molecule has 124 valence electrons. The van der Waals surface area contributed by atoms with E-state index in [-0.39, 0.29) is 32.8 Å². The van der Waals surface area contributed by atoms with Crippen LogP contribution in [0, 0.1) is 20.2 Å². The third-order valence-electron chi connectivity index (χ3n) is 2.80. The molecule has 0 atom stereocenters. The van der Waals surface area contributed by atoms with Crippen molar-refractivity contribution in [1.82, 2.24) is 0 Å². The predicted octanol–water partition coefficient (Wildman–Crippen LogP) is 4.45. The van der Waals surface area contributed by atoms with Crippen molar-refractivity contribution >= 4 is 52.0 Å².